The highest BCUT2D eigenvalue weighted by molar-refractivity contribution is 4.98. The van der Waals surface area contributed by atoms with Gasteiger partial charge in [0.05, 0.1) is 0 Å². The molecule has 37 heavy (non-hydrogen) atoms. The molecule has 0 amide bonds. The topological polar surface area (TPSA) is 6.48 Å². The van der Waals surface area contributed by atoms with Gasteiger partial charge in [-0.15, -0.1) is 0 Å². The Bertz CT molecular complexity index is 486. The molecule has 1 aliphatic heterocycles. The maximum atomic E-state index is 2.64. The number of rotatable bonds is 28. The van der Waals surface area contributed by atoms with Gasteiger partial charge in [0, 0.05) is 25.5 Å². The Hall–Kier alpha value is -0.660. The largest absolute Gasteiger partial charge is 0.356 e. The van der Waals surface area contributed by atoms with Gasteiger partial charge < -0.3 is 9.80 Å². The monoisotopic (exact) mass is 519 g/mol. The van der Waals surface area contributed by atoms with Crippen molar-refractivity contribution < 1.29 is 0 Å². The van der Waals surface area contributed by atoms with Crippen LogP contribution in [0, 0.1) is 5.92 Å². The van der Waals surface area contributed by atoms with Gasteiger partial charge in [-0.3, -0.25) is 0 Å². The first-order chi connectivity index (χ1) is 18.2. The Morgan fingerprint density at radius 1 is 0.405 bits per heavy atom. The van der Waals surface area contributed by atoms with Gasteiger partial charge in [-0.25, -0.2) is 0 Å². The minimum atomic E-state index is 0.588. The van der Waals surface area contributed by atoms with Gasteiger partial charge in [0.25, 0.3) is 0 Å². The van der Waals surface area contributed by atoms with Gasteiger partial charge in [-0.05, 0) is 18.8 Å². The van der Waals surface area contributed by atoms with E-state index in [-0.39, 0.29) is 0 Å². The molecule has 0 radical (unpaired) electrons. The van der Waals surface area contributed by atoms with Crippen LogP contribution in [-0.4, -0.2) is 29.1 Å². The summed E-state index contributed by atoms with van der Waals surface area (Å²) in [6, 6.07) is 0. The summed E-state index contributed by atoms with van der Waals surface area (Å²) in [5, 5.41) is 0. The maximum absolute atomic E-state index is 2.64. The predicted molar refractivity (Wildman–Crippen MR) is 168 cm³/mol. The molecule has 0 aromatic carbocycles. The van der Waals surface area contributed by atoms with Crippen molar-refractivity contribution in [3.05, 3.63) is 12.4 Å². The van der Waals surface area contributed by atoms with Crippen molar-refractivity contribution in [1.82, 2.24) is 9.80 Å². The second-order valence-corrected chi connectivity index (χ2v) is 12.6. The molecule has 0 saturated carbocycles. The normalized spacial score (nSPS) is 15.5. The van der Waals surface area contributed by atoms with E-state index in [1.807, 2.05) is 0 Å². The van der Waals surface area contributed by atoms with E-state index in [1.54, 1.807) is 0 Å². The smallest absolute Gasteiger partial charge is 0.103 e. The van der Waals surface area contributed by atoms with Gasteiger partial charge >= 0.3 is 0 Å². The molecule has 0 fully saturated rings. The third-order valence-electron chi connectivity index (χ3n) is 8.52. The van der Waals surface area contributed by atoms with Gasteiger partial charge in [0.1, 0.15) is 6.17 Å². The Morgan fingerprint density at radius 3 is 0.892 bits per heavy atom. The molecule has 0 N–H and O–H groups in total. The van der Waals surface area contributed by atoms with Gasteiger partial charge in [-0.2, -0.15) is 0 Å². The summed E-state index contributed by atoms with van der Waals surface area (Å²) in [4.78, 5) is 5.28. The van der Waals surface area contributed by atoms with Crippen molar-refractivity contribution in [2.24, 2.45) is 5.92 Å². The van der Waals surface area contributed by atoms with Crippen molar-refractivity contribution in [3.8, 4) is 0 Å². The average Bonchev–Trinajstić information content (AvgIpc) is 3.30. The SMILES string of the molecule is CCCCCCCCCCCCCCCCN1C=CN(CCCCCCCCCCCCC)C1C(C)C. The third-order valence-corrected chi connectivity index (χ3v) is 8.52. The molecule has 1 unspecified atom stereocenters. The molecular formula is C35H70N2. The molecule has 0 bridgehead atoms. The van der Waals surface area contributed by atoms with Crippen molar-refractivity contribution in [3.63, 3.8) is 0 Å². The van der Waals surface area contributed by atoms with Crippen LogP contribution in [0.5, 0.6) is 0 Å². The van der Waals surface area contributed by atoms with Crippen LogP contribution in [-0.2, 0) is 0 Å². The number of unbranched alkanes of at least 4 members (excludes halogenated alkanes) is 23. The van der Waals surface area contributed by atoms with E-state index < -0.39 is 0 Å². The minimum absolute atomic E-state index is 0.588. The molecule has 1 atom stereocenters. The summed E-state index contributed by atoms with van der Waals surface area (Å²) in [6.45, 7) is 11.9. The van der Waals surface area contributed by atoms with Crippen molar-refractivity contribution in [1.29, 1.82) is 0 Å². The average molecular weight is 519 g/mol. The summed E-state index contributed by atoms with van der Waals surface area (Å²) in [5.41, 5.74) is 0. The fourth-order valence-electron chi connectivity index (χ4n) is 6.17. The van der Waals surface area contributed by atoms with Crippen LogP contribution >= 0.6 is 0 Å². The molecule has 220 valence electrons. The quantitative estimate of drug-likeness (QED) is 0.0950. The van der Waals surface area contributed by atoms with E-state index in [1.165, 1.54) is 174 Å². The van der Waals surface area contributed by atoms with E-state index in [0.29, 0.717) is 12.1 Å². The van der Waals surface area contributed by atoms with Crippen molar-refractivity contribution in [2.45, 2.75) is 194 Å². The molecule has 1 rings (SSSR count). The molecule has 0 aliphatic carbocycles. The van der Waals surface area contributed by atoms with Crippen LogP contribution < -0.4 is 0 Å². The predicted octanol–water partition coefficient (Wildman–Crippen LogP) is 11.8. The molecule has 1 aliphatic rings. The highest BCUT2D eigenvalue weighted by Crippen LogP contribution is 2.24. The Balaban J connectivity index is 1.98. The van der Waals surface area contributed by atoms with E-state index in [2.05, 4.69) is 49.9 Å². The minimum Gasteiger partial charge on any atom is -0.356 e. The van der Waals surface area contributed by atoms with Crippen LogP contribution in [0.2, 0.25) is 0 Å². The van der Waals surface area contributed by atoms with E-state index >= 15 is 0 Å². The lowest BCUT2D eigenvalue weighted by Gasteiger charge is -2.36. The molecular weight excluding hydrogens is 448 g/mol. The second-order valence-electron chi connectivity index (χ2n) is 12.6. The van der Waals surface area contributed by atoms with E-state index in [0.717, 1.165) is 0 Å². The summed E-state index contributed by atoms with van der Waals surface area (Å²) >= 11 is 0. The number of nitrogens with zero attached hydrogens (tertiary/aromatic N) is 2. The lowest BCUT2D eigenvalue weighted by molar-refractivity contribution is 0.104. The highest BCUT2D eigenvalue weighted by atomic mass is 15.4. The van der Waals surface area contributed by atoms with Crippen LogP contribution in [0.1, 0.15) is 188 Å². The lowest BCUT2D eigenvalue weighted by atomic mass is 10.0. The van der Waals surface area contributed by atoms with Gasteiger partial charge in [0.2, 0.25) is 0 Å². The summed E-state index contributed by atoms with van der Waals surface area (Å²) in [6.07, 6.45) is 41.3. The Kier molecular flexibility index (Phi) is 23.8. The zero-order valence-corrected chi connectivity index (χ0v) is 26.3. The van der Waals surface area contributed by atoms with E-state index in [9.17, 15) is 0 Å². The number of hydrogen-bond acceptors (Lipinski definition) is 2. The summed E-state index contributed by atoms with van der Waals surface area (Å²) in [5.74, 6) is 0.689. The highest BCUT2D eigenvalue weighted by Gasteiger charge is 2.28. The van der Waals surface area contributed by atoms with Gasteiger partial charge in [0.15, 0.2) is 0 Å². The number of hydrogen-bond donors (Lipinski definition) is 0. The second kappa shape index (κ2) is 25.6. The fraction of sp³-hybridized carbons (Fsp3) is 0.943. The fourth-order valence-corrected chi connectivity index (χ4v) is 6.17. The summed E-state index contributed by atoms with van der Waals surface area (Å²) in [7, 11) is 0. The van der Waals surface area contributed by atoms with Crippen LogP contribution in [0.25, 0.3) is 0 Å². The lowest BCUT2D eigenvalue weighted by Crippen LogP contribution is -2.43. The van der Waals surface area contributed by atoms with Gasteiger partial charge in [-0.1, -0.05) is 175 Å². The Morgan fingerprint density at radius 2 is 0.649 bits per heavy atom. The summed E-state index contributed by atoms with van der Waals surface area (Å²) < 4.78 is 0. The molecule has 0 aromatic heterocycles. The first kappa shape index (κ1) is 34.4. The van der Waals surface area contributed by atoms with Crippen LogP contribution in [0.4, 0.5) is 0 Å². The molecule has 0 aromatic rings. The Labute approximate surface area is 235 Å². The van der Waals surface area contributed by atoms with Crippen molar-refractivity contribution >= 4 is 0 Å². The van der Waals surface area contributed by atoms with Crippen LogP contribution in [0.3, 0.4) is 0 Å². The molecule has 0 spiro atoms. The zero-order chi connectivity index (χ0) is 26.8. The third kappa shape index (κ3) is 19.1. The first-order valence-electron chi connectivity index (χ1n) is 17.4. The first-order valence-corrected chi connectivity index (χ1v) is 17.4. The molecule has 1 heterocycles. The van der Waals surface area contributed by atoms with Crippen molar-refractivity contribution in [2.75, 3.05) is 13.1 Å². The zero-order valence-electron chi connectivity index (χ0n) is 26.3. The maximum Gasteiger partial charge on any atom is 0.103 e. The van der Waals surface area contributed by atoms with E-state index in [4.69, 9.17) is 0 Å². The molecule has 2 nitrogen and oxygen atoms in total. The molecule has 0 saturated heterocycles. The standard InChI is InChI=1S/C35H70N2/c1-5-7-9-11-13-15-17-18-19-21-23-25-27-29-31-37-33-32-36(35(37)34(3)4)30-28-26-24-22-20-16-14-12-10-8-6-2/h32-35H,5-31H2,1-4H3. The van der Waals surface area contributed by atoms with Crippen LogP contribution in [0.15, 0.2) is 12.4 Å². The molecule has 2 heteroatoms.